The van der Waals surface area contributed by atoms with Gasteiger partial charge >= 0.3 is 6.03 Å². The number of benzene rings is 1. The van der Waals surface area contributed by atoms with Crippen LogP contribution in [-0.2, 0) is 6.42 Å². The summed E-state index contributed by atoms with van der Waals surface area (Å²) < 4.78 is 1.21. The summed E-state index contributed by atoms with van der Waals surface area (Å²) in [5.41, 5.74) is 2.50. The van der Waals surface area contributed by atoms with Gasteiger partial charge in [-0.05, 0) is 30.4 Å². The number of hydrogen-bond donors (Lipinski definition) is 3. The Bertz CT molecular complexity index is 425. The van der Waals surface area contributed by atoms with Crippen LogP contribution in [0, 0.1) is 0 Å². The van der Waals surface area contributed by atoms with E-state index in [-0.39, 0.29) is 25.2 Å². The van der Waals surface area contributed by atoms with Gasteiger partial charge in [0.2, 0.25) is 0 Å². The Morgan fingerprint density at radius 1 is 1.50 bits per heavy atom. The molecule has 0 bridgehead atoms. The van der Waals surface area contributed by atoms with Gasteiger partial charge in [0.15, 0.2) is 0 Å². The largest absolute Gasteiger partial charge is 0.394 e. The average molecular weight is 266 g/mol. The Hall–Kier alpha value is -1.20. The molecule has 2 rings (SSSR count). The first-order valence-corrected chi connectivity index (χ1v) is 6.58. The number of urea groups is 1. The lowest BCUT2D eigenvalue weighted by Gasteiger charge is -2.28. The number of nitrogens with one attached hydrogen (secondary N) is 1. The standard InChI is InChI=1S/C13H18N2O2S/c16-9-8-15(18)13(17)14-12-7-3-5-10-4-1-2-6-11(10)12/h1-2,4,6,12,16,18H,3,5,7-9H2,(H,14,17). The third-order valence-corrected chi connectivity index (χ3v) is 3.60. The van der Waals surface area contributed by atoms with E-state index in [1.165, 1.54) is 15.4 Å². The van der Waals surface area contributed by atoms with E-state index in [1.54, 1.807) is 0 Å². The lowest BCUT2D eigenvalue weighted by Crippen LogP contribution is -2.39. The van der Waals surface area contributed by atoms with E-state index < -0.39 is 0 Å². The molecule has 0 aromatic heterocycles. The van der Waals surface area contributed by atoms with E-state index in [1.807, 2.05) is 12.1 Å². The number of amides is 2. The SMILES string of the molecule is O=C(NC1CCCc2ccccc21)N(S)CCO. The van der Waals surface area contributed by atoms with Crippen LogP contribution in [0.15, 0.2) is 24.3 Å². The molecule has 1 atom stereocenters. The molecule has 1 aromatic rings. The predicted octanol–water partition coefficient (Wildman–Crippen LogP) is 1.91. The molecule has 0 heterocycles. The fraction of sp³-hybridized carbons (Fsp3) is 0.462. The number of rotatable bonds is 3. The topological polar surface area (TPSA) is 52.6 Å². The maximum absolute atomic E-state index is 11.8. The van der Waals surface area contributed by atoms with Crippen molar-refractivity contribution in [3.8, 4) is 0 Å². The van der Waals surface area contributed by atoms with Gasteiger partial charge in [-0.15, -0.1) is 0 Å². The molecule has 98 valence electrons. The van der Waals surface area contributed by atoms with E-state index in [2.05, 4.69) is 30.3 Å². The molecule has 1 aliphatic carbocycles. The minimum absolute atomic E-state index is 0.0517. The van der Waals surface area contributed by atoms with Crippen molar-refractivity contribution >= 4 is 18.8 Å². The molecule has 0 saturated heterocycles. The molecule has 0 saturated carbocycles. The predicted molar refractivity (Wildman–Crippen MR) is 73.4 cm³/mol. The zero-order valence-electron chi connectivity index (χ0n) is 10.2. The van der Waals surface area contributed by atoms with Crippen molar-refractivity contribution in [2.45, 2.75) is 25.3 Å². The van der Waals surface area contributed by atoms with Gasteiger partial charge in [-0.25, -0.2) is 4.79 Å². The van der Waals surface area contributed by atoms with E-state index in [9.17, 15) is 4.79 Å². The summed E-state index contributed by atoms with van der Waals surface area (Å²) in [7, 11) is 0. The van der Waals surface area contributed by atoms with Gasteiger partial charge < -0.3 is 10.4 Å². The average Bonchev–Trinajstić information content (AvgIpc) is 2.39. The normalized spacial score (nSPS) is 18.0. The van der Waals surface area contributed by atoms with Crippen LogP contribution in [-0.4, -0.2) is 28.6 Å². The minimum Gasteiger partial charge on any atom is -0.394 e. The first-order chi connectivity index (χ1) is 8.72. The Morgan fingerprint density at radius 2 is 2.28 bits per heavy atom. The highest BCUT2D eigenvalue weighted by molar-refractivity contribution is 7.78. The summed E-state index contributed by atoms with van der Waals surface area (Å²) in [4.78, 5) is 11.8. The molecule has 0 aliphatic heterocycles. The second kappa shape index (κ2) is 6.11. The number of carbonyl (C=O) groups excluding carboxylic acids is 1. The molecule has 5 heteroatoms. The monoisotopic (exact) mass is 266 g/mol. The van der Waals surface area contributed by atoms with Crippen LogP contribution < -0.4 is 5.32 Å². The molecule has 2 N–H and O–H groups in total. The molecule has 4 nitrogen and oxygen atoms in total. The number of aliphatic hydroxyl groups excluding tert-OH is 1. The fourth-order valence-corrected chi connectivity index (χ4v) is 2.47. The van der Waals surface area contributed by atoms with E-state index in [4.69, 9.17) is 5.11 Å². The smallest absolute Gasteiger partial charge is 0.327 e. The Labute approximate surface area is 113 Å². The van der Waals surface area contributed by atoms with Gasteiger partial charge in [-0.1, -0.05) is 37.1 Å². The van der Waals surface area contributed by atoms with Gasteiger partial charge in [-0.2, -0.15) is 0 Å². The Balaban J connectivity index is 2.05. The quantitative estimate of drug-likeness (QED) is 0.732. The van der Waals surface area contributed by atoms with Gasteiger partial charge in [0.1, 0.15) is 0 Å². The highest BCUT2D eigenvalue weighted by Crippen LogP contribution is 2.29. The minimum atomic E-state index is -0.255. The summed E-state index contributed by atoms with van der Waals surface area (Å²) in [5, 5.41) is 11.7. The van der Waals surface area contributed by atoms with Crippen molar-refractivity contribution in [2.75, 3.05) is 13.2 Å². The van der Waals surface area contributed by atoms with Crippen LogP contribution in [0.4, 0.5) is 4.79 Å². The number of nitrogens with zero attached hydrogens (tertiary/aromatic N) is 1. The fourth-order valence-electron chi connectivity index (χ4n) is 2.32. The number of aliphatic hydroxyl groups is 1. The number of aryl methyl sites for hydroxylation is 1. The summed E-state index contributed by atoms with van der Waals surface area (Å²) in [6.45, 7) is 0.140. The summed E-state index contributed by atoms with van der Waals surface area (Å²) in [5.74, 6) is 0. The van der Waals surface area contributed by atoms with Crippen LogP contribution in [0.5, 0.6) is 0 Å². The highest BCUT2D eigenvalue weighted by Gasteiger charge is 2.22. The van der Waals surface area contributed by atoms with Crippen molar-refractivity contribution in [3.05, 3.63) is 35.4 Å². The molecule has 0 spiro atoms. The molecular weight excluding hydrogens is 248 g/mol. The van der Waals surface area contributed by atoms with Crippen LogP contribution >= 0.6 is 12.8 Å². The lowest BCUT2D eigenvalue weighted by molar-refractivity contribution is 0.209. The molecular formula is C13H18N2O2S. The zero-order valence-corrected chi connectivity index (χ0v) is 11.1. The van der Waals surface area contributed by atoms with Gasteiger partial charge in [-0.3, -0.25) is 4.31 Å². The maximum Gasteiger partial charge on any atom is 0.327 e. The van der Waals surface area contributed by atoms with Crippen LogP contribution in [0.2, 0.25) is 0 Å². The van der Waals surface area contributed by atoms with Gasteiger partial charge in [0, 0.05) is 0 Å². The second-order valence-corrected chi connectivity index (χ2v) is 4.92. The van der Waals surface area contributed by atoms with E-state index in [0.29, 0.717) is 0 Å². The Morgan fingerprint density at radius 3 is 3.06 bits per heavy atom. The third kappa shape index (κ3) is 2.97. The van der Waals surface area contributed by atoms with Crippen LogP contribution in [0.1, 0.15) is 30.0 Å². The highest BCUT2D eigenvalue weighted by atomic mass is 32.1. The van der Waals surface area contributed by atoms with Crippen LogP contribution in [0.25, 0.3) is 0 Å². The molecule has 0 fully saturated rings. The molecule has 0 radical (unpaired) electrons. The Kier molecular flexibility index (Phi) is 4.49. The van der Waals surface area contributed by atoms with E-state index >= 15 is 0 Å². The number of carbonyl (C=O) groups is 1. The second-order valence-electron chi connectivity index (χ2n) is 4.44. The molecule has 2 amide bonds. The third-order valence-electron chi connectivity index (χ3n) is 3.21. The van der Waals surface area contributed by atoms with E-state index in [0.717, 1.165) is 19.3 Å². The van der Waals surface area contributed by atoms with Crippen molar-refractivity contribution in [3.63, 3.8) is 0 Å². The summed E-state index contributed by atoms with van der Waals surface area (Å²) in [6.07, 6.45) is 3.10. The van der Waals surface area contributed by atoms with Crippen LogP contribution in [0.3, 0.4) is 0 Å². The first-order valence-electron chi connectivity index (χ1n) is 6.18. The molecule has 1 aliphatic rings. The van der Waals surface area contributed by atoms with Gasteiger partial charge in [0.25, 0.3) is 0 Å². The number of hydrogen-bond acceptors (Lipinski definition) is 3. The lowest BCUT2D eigenvalue weighted by atomic mass is 9.88. The molecule has 18 heavy (non-hydrogen) atoms. The molecule has 1 aromatic carbocycles. The van der Waals surface area contributed by atoms with Crippen molar-refractivity contribution in [1.29, 1.82) is 0 Å². The van der Waals surface area contributed by atoms with Crippen molar-refractivity contribution < 1.29 is 9.90 Å². The van der Waals surface area contributed by atoms with Crippen molar-refractivity contribution in [2.24, 2.45) is 0 Å². The molecule has 1 unspecified atom stereocenters. The first kappa shape index (κ1) is 13.2. The summed E-state index contributed by atoms with van der Waals surface area (Å²) in [6, 6.07) is 7.99. The van der Waals surface area contributed by atoms with Gasteiger partial charge in [0.05, 0.1) is 19.2 Å². The number of thiol groups is 1. The zero-order chi connectivity index (χ0) is 13.0. The number of fused-ring (bicyclic) bond motifs is 1. The maximum atomic E-state index is 11.8. The summed E-state index contributed by atoms with van der Waals surface area (Å²) >= 11 is 4.04. The van der Waals surface area contributed by atoms with Crippen molar-refractivity contribution in [1.82, 2.24) is 9.62 Å².